The average molecular weight is 342 g/mol. The second kappa shape index (κ2) is 7.55. The minimum Gasteiger partial charge on any atom is -0.384 e. The smallest absolute Gasteiger partial charge is 0.297 e. The molecule has 0 bridgehead atoms. The normalized spacial score (nSPS) is 25.0. The first-order chi connectivity index (χ1) is 10.8. The Labute approximate surface area is 136 Å². The highest BCUT2D eigenvalue weighted by Gasteiger charge is 2.28. The van der Waals surface area contributed by atoms with Gasteiger partial charge in [0.1, 0.15) is 12.2 Å². The summed E-state index contributed by atoms with van der Waals surface area (Å²) < 4.78 is 40.2. The number of ether oxygens (including phenoxy) is 2. The van der Waals surface area contributed by atoms with E-state index in [4.69, 9.17) is 13.7 Å². The van der Waals surface area contributed by atoms with Crippen LogP contribution >= 0.6 is 0 Å². The van der Waals surface area contributed by atoms with E-state index in [0.717, 1.165) is 5.56 Å². The van der Waals surface area contributed by atoms with Gasteiger partial charge in [-0.15, -0.1) is 0 Å². The van der Waals surface area contributed by atoms with Crippen LogP contribution in [0.2, 0.25) is 0 Å². The second-order valence-corrected chi connectivity index (χ2v) is 7.27. The van der Waals surface area contributed by atoms with Crippen molar-refractivity contribution >= 4 is 10.1 Å². The molecule has 1 aromatic carbocycles. The SMILES string of the molecule is Cc1ccc(S(=O)(=O)OC[C@@H]2C=C[C@@H](O)[C@@H](OC(C)C)O2)cc1. The summed E-state index contributed by atoms with van der Waals surface area (Å²) in [6, 6.07) is 6.40. The number of hydrogen-bond donors (Lipinski definition) is 1. The first-order valence-corrected chi connectivity index (χ1v) is 8.82. The average Bonchev–Trinajstić information content (AvgIpc) is 2.48. The van der Waals surface area contributed by atoms with E-state index in [1.54, 1.807) is 18.2 Å². The molecule has 0 unspecified atom stereocenters. The zero-order valence-electron chi connectivity index (χ0n) is 13.4. The molecule has 23 heavy (non-hydrogen) atoms. The topological polar surface area (TPSA) is 82.1 Å². The molecule has 1 aromatic rings. The number of hydrogen-bond acceptors (Lipinski definition) is 6. The van der Waals surface area contributed by atoms with Gasteiger partial charge in [0.2, 0.25) is 0 Å². The van der Waals surface area contributed by atoms with Crippen LogP contribution in [-0.2, 0) is 23.8 Å². The summed E-state index contributed by atoms with van der Waals surface area (Å²) in [6.07, 6.45) is 0.623. The molecule has 1 heterocycles. The van der Waals surface area contributed by atoms with Gasteiger partial charge in [-0.25, -0.2) is 0 Å². The molecular weight excluding hydrogens is 320 g/mol. The minimum atomic E-state index is -3.85. The number of aliphatic hydroxyl groups is 1. The quantitative estimate of drug-likeness (QED) is 0.627. The predicted octanol–water partition coefficient (Wildman–Crippen LogP) is 1.77. The molecular formula is C16H22O6S. The Morgan fingerprint density at radius 3 is 2.48 bits per heavy atom. The number of rotatable bonds is 6. The first kappa shape index (κ1) is 18.1. The Hall–Kier alpha value is -1.25. The molecule has 0 saturated carbocycles. The van der Waals surface area contributed by atoms with Gasteiger partial charge in [0, 0.05) is 0 Å². The Balaban J connectivity index is 1.97. The number of benzene rings is 1. The lowest BCUT2D eigenvalue weighted by Gasteiger charge is -2.30. The summed E-state index contributed by atoms with van der Waals surface area (Å²) in [6.45, 7) is 5.33. The lowest BCUT2D eigenvalue weighted by Crippen LogP contribution is -2.40. The standard InChI is InChI=1S/C16H22O6S/c1-11(2)21-16-15(17)9-6-13(22-16)10-20-23(18,19)14-7-4-12(3)5-8-14/h4-9,11,13,15-17H,10H2,1-3H3/t13-,15+,16-/m0/s1. The van der Waals surface area contributed by atoms with Crippen molar-refractivity contribution in [2.45, 2.75) is 50.3 Å². The highest BCUT2D eigenvalue weighted by molar-refractivity contribution is 7.86. The molecule has 3 atom stereocenters. The van der Waals surface area contributed by atoms with Crippen LogP contribution in [0.1, 0.15) is 19.4 Å². The van der Waals surface area contributed by atoms with Crippen molar-refractivity contribution in [1.82, 2.24) is 0 Å². The van der Waals surface area contributed by atoms with Crippen molar-refractivity contribution in [3.8, 4) is 0 Å². The van der Waals surface area contributed by atoms with E-state index >= 15 is 0 Å². The minimum absolute atomic E-state index is 0.0953. The summed E-state index contributed by atoms with van der Waals surface area (Å²) in [5, 5.41) is 9.77. The van der Waals surface area contributed by atoms with Gasteiger partial charge in [-0.2, -0.15) is 8.42 Å². The third-order valence-electron chi connectivity index (χ3n) is 3.21. The molecule has 128 valence electrons. The van der Waals surface area contributed by atoms with E-state index in [2.05, 4.69) is 0 Å². The maximum absolute atomic E-state index is 12.1. The van der Waals surface area contributed by atoms with Crippen molar-refractivity contribution in [2.24, 2.45) is 0 Å². The molecule has 1 aliphatic rings. The highest BCUT2D eigenvalue weighted by atomic mass is 32.2. The van der Waals surface area contributed by atoms with Crippen LogP contribution in [0, 0.1) is 6.92 Å². The molecule has 0 aliphatic carbocycles. The zero-order valence-corrected chi connectivity index (χ0v) is 14.2. The fourth-order valence-corrected chi connectivity index (χ4v) is 2.95. The van der Waals surface area contributed by atoms with Crippen molar-refractivity contribution in [2.75, 3.05) is 6.61 Å². The van der Waals surface area contributed by atoms with Crippen LogP contribution in [0.25, 0.3) is 0 Å². The van der Waals surface area contributed by atoms with E-state index in [1.165, 1.54) is 18.2 Å². The van der Waals surface area contributed by atoms with Crippen molar-refractivity contribution in [1.29, 1.82) is 0 Å². The Bertz CT molecular complexity index is 635. The van der Waals surface area contributed by atoms with Crippen LogP contribution in [0.15, 0.2) is 41.3 Å². The Kier molecular flexibility index (Phi) is 5.94. The predicted molar refractivity (Wildman–Crippen MR) is 84.3 cm³/mol. The van der Waals surface area contributed by atoms with Crippen molar-refractivity contribution in [3.05, 3.63) is 42.0 Å². The van der Waals surface area contributed by atoms with Crippen molar-refractivity contribution in [3.63, 3.8) is 0 Å². The summed E-state index contributed by atoms with van der Waals surface area (Å²) in [7, 11) is -3.85. The van der Waals surface area contributed by atoms with E-state index in [-0.39, 0.29) is 17.6 Å². The number of aliphatic hydroxyl groups excluding tert-OH is 1. The van der Waals surface area contributed by atoms with Crippen molar-refractivity contribution < 1.29 is 27.2 Å². The molecule has 0 radical (unpaired) electrons. The van der Waals surface area contributed by atoms with Gasteiger partial charge in [-0.1, -0.05) is 29.8 Å². The monoisotopic (exact) mass is 342 g/mol. The second-order valence-electron chi connectivity index (χ2n) is 5.65. The third kappa shape index (κ3) is 5.12. The van der Waals surface area contributed by atoms with Gasteiger partial charge in [0.15, 0.2) is 6.29 Å². The maximum atomic E-state index is 12.1. The van der Waals surface area contributed by atoms with E-state index in [9.17, 15) is 13.5 Å². The lowest BCUT2D eigenvalue weighted by atomic mass is 10.2. The summed E-state index contributed by atoms with van der Waals surface area (Å²) in [5.41, 5.74) is 0.963. The first-order valence-electron chi connectivity index (χ1n) is 7.41. The fourth-order valence-electron chi connectivity index (χ4n) is 2.03. The highest BCUT2D eigenvalue weighted by Crippen LogP contribution is 2.19. The number of aryl methyl sites for hydroxylation is 1. The van der Waals surface area contributed by atoms with Crippen LogP contribution in [0.3, 0.4) is 0 Å². The van der Waals surface area contributed by atoms with Crippen LogP contribution in [0.5, 0.6) is 0 Å². The van der Waals surface area contributed by atoms with Crippen LogP contribution in [-0.4, -0.2) is 44.7 Å². The third-order valence-corrected chi connectivity index (χ3v) is 4.51. The van der Waals surface area contributed by atoms with Gasteiger partial charge in [0.25, 0.3) is 10.1 Å². The molecule has 7 heteroatoms. The molecule has 0 aromatic heterocycles. The molecule has 0 fully saturated rings. The maximum Gasteiger partial charge on any atom is 0.297 e. The molecule has 0 spiro atoms. The molecule has 1 aliphatic heterocycles. The summed E-state index contributed by atoms with van der Waals surface area (Å²) in [5.74, 6) is 0. The Morgan fingerprint density at radius 1 is 1.22 bits per heavy atom. The van der Waals surface area contributed by atoms with E-state index in [1.807, 2.05) is 20.8 Å². The molecule has 1 N–H and O–H groups in total. The molecule has 0 amide bonds. The molecule has 6 nitrogen and oxygen atoms in total. The zero-order chi connectivity index (χ0) is 17.0. The van der Waals surface area contributed by atoms with E-state index < -0.39 is 28.6 Å². The van der Waals surface area contributed by atoms with Gasteiger partial charge in [-0.3, -0.25) is 4.18 Å². The summed E-state index contributed by atoms with van der Waals surface area (Å²) >= 11 is 0. The fraction of sp³-hybridized carbons (Fsp3) is 0.500. The van der Waals surface area contributed by atoms with Gasteiger partial charge < -0.3 is 14.6 Å². The largest absolute Gasteiger partial charge is 0.384 e. The molecule has 0 saturated heterocycles. The lowest BCUT2D eigenvalue weighted by molar-refractivity contribution is -0.222. The summed E-state index contributed by atoms with van der Waals surface area (Å²) in [4.78, 5) is 0.0953. The molecule has 2 rings (SSSR count). The van der Waals surface area contributed by atoms with Gasteiger partial charge in [0.05, 0.1) is 17.6 Å². The van der Waals surface area contributed by atoms with Gasteiger partial charge in [-0.05, 0) is 32.9 Å². The van der Waals surface area contributed by atoms with Crippen LogP contribution < -0.4 is 0 Å². The van der Waals surface area contributed by atoms with E-state index in [0.29, 0.717) is 0 Å². The van der Waals surface area contributed by atoms with Crippen LogP contribution in [0.4, 0.5) is 0 Å². The Morgan fingerprint density at radius 2 is 1.87 bits per heavy atom. The van der Waals surface area contributed by atoms with Gasteiger partial charge >= 0.3 is 0 Å².